The van der Waals surface area contributed by atoms with Crippen LogP contribution in [-0.4, -0.2) is 17.4 Å². The minimum absolute atomic E-state index is 0.125. The maximum Gasteiger partial charge on any atom is 0.391 e. The molecule has 0 atom stereocenters. The standard InChI is InChI=1S/C8H11F3O/c9-8(10,11)5-1-7(2-5)3-6(12)4-7/h5-6,12H,1-4H2. The largest absolute Gasteiger partial charge is 0.393 e. The van der Waals surface area contributed by atoms with Gasteiger partial charge in [-0.2, -0.15) is 13.2 Å². The molecule has 0 saturated heterocycles. The Labute approximate surface area is 68.6 Å². The normalized spacial score (nSPS) is 47.0. The van der Waals surface area contributed by atoms with Crippen molar-refractivity contribution in [2.45, 2.75) is 38.0 Å². The van der Waals surface area contributed by atoms with Crippen molar-refractivity contribution in [2.24, 2.45) is 11.3 Å². The molecule has 0 unspecified atom stereocenters. The lowest BCUT2D eigenvalue weighted by Crippen LogP contribution is -2.53. The fourth-order valence-corrected chi connectivity index (χ4v) is 2.49. The number of aliphatic hydroxyl groups excluding tert-OH is 1. The highest BCUT2D eigenvalue weighted by atomic mass is 19.4. The third-order valence-corrected chi connectivity index (χ3v) is 3.16. The molecule has 2 rings (SSSR count). The lowest BCUT2D eigenvalue weighted by Gasteiger charge is -2.56. The molecule has 2 fully saturated rings. The number of hydrogen-bond donors (Lipinski definition) is 1. The van der Waals surface area contributed by atoms with Crippen molar-refractivity contribution in [3.8, 4) is 0 Å². The van der Waals surface area contributed by atoms with Gasteiger partial charge in [0.15, 0.2) is 0 Å². The third-order valence-electron chi connectivity index (χ3n) is 3.16. The second kappa shape index (κ2) is 2.16. The summed E-state index contributed by atoms with van der Waals surface area (Å²) in [6, 6.07) is 0. The zero-order chi connectivity index (χ0) is 8.98. The van der Waals surface area contributed by atoms with E-state index in [4.69, 9.17) is 5.11 Å². The molecule has 2 saturated carbocycles. The van der Waals surface area contributed by atoms with Crippen molar-refractivity contribution in [1.29, 1.82) is 0 Å². The number of alkyl halides is 3. The summed E-state index contributed by atoms with van der Waals surface area (Å²) in [6.07, 6.45) is -2.69. The van der Waals surface area contributed by atoms with Crippen LogP contribution < -0.4 is 0 Å². The Morgan fingerprint density at radius 1 is 1.08 bits per heavy atom. The van der Waals surface area contributed by atoms with E-state index >= 15 is 0 Å². The van der Waals surface area contributed by atoms with Gasteiger partial charge in [-0.3, -0.25) is 0 Å². The van der Waals surface area contributed by atoms with Gasteiger partial charge < -0.3 is 5.11 Å². The van der Waals surface area contributed by atoms with Crippen LogP contribution in [0.4, 0.5) is 13.2 Å². The highest BCUT2D eigenvalue weighted by molar-refractivity contribution is 5.04. The Hall–Kier alpha value is -0.250. The van der Waals surface area contributed by atoms with Crippen LogP contribution in [0.3, 0.4) is 0 Å². The minimum atomic E-state index is -4.01. The summed E-state index contributed by atoms with van der Waals surface area (Å²) in [5.74, 6) is -1.09. The smallest absolute Gasteiger partial charge is 0.391 e. The van der Waals surface area contributed by atoms with Crippen LogP contribution in [0, 0.1) is 11.3 Å². The van der Waals surface area contributed by atoms with Gasteiger partial charge in [-0.15, -0.1) is 0 Å². The van der Waals surface area contributed by atoms with Crippen LogP contribution in [0.5, 0.6) is 0 Å². The molecule has 0 bridgehead atoms. The van der Waals surface area contributed by atoms with E-state index in [1.165, 1.54) is 0 Å². The van der Waals surface area contributed by atoms with Gasteiger partial charge >= 0.3 is 6.18 Å². The topological polar surface area (TPSA) is 20.2 Å². The zero-order valence-corrected chi connectivity index (χ0v) is 6.56. The van der Waals surface area contributed by atoms with Gasteiger partial charge in [0.25, 0.3) is 0 Å². The van der Waals surface area contributed by atoms with E-state index in [1.54, 1.807) is 0 Å². The SMILES string of the molecule is OC1CC2(C1)CC(C(F)(F)F)C2. The fourth-order valence-electron chi connectivity index (χ4n) is 2.49. The molecule has 0 aliphatic heterocycles. The number of hydrogen-bond acceptors (Lipinski definition) is 1. The Morgan fingerprint density at radius 2 is 1.58 bits per heavy atom. The predicted molar refractivity (Wildman–Crippen MR) is 36.5 cm³/mol. The molecule has 1 spiro atoms. The van der Waals surface area contributed by atoms with Crippen molar-refractivity contribution in [3.63, 3.8) is 0 Å². The average Bonchev–Trinajstić information content (AvgIpc) is 1.71. The molecule has 0 aromatic rings. The maximum atomic E-state index is 12.0. The first-order valence-electron chi connectivity index (χ1n) is 4.16. The molecular formula is C8H11F3O. The predicted octanol–water partition coefficient (Wildman–Crippen LogP) is 2.10. The highest BCUT2D eigenvalue weighted by Crippen LogP contribution is 2.62. The monoisotopic (exact) mass is 180 g/mol. The second-order valence-corrected chi connectivity index (χ2v) is 4.21. The van der Waals surface area contributed by atoms with Crippen molar-refractivity contribution < 1.29 is 18.3 Å². The molecule has 0 aromatic carbocycles. The van der Waals surface area contributed by atoms with E-state index in [2.05, 4.69) is 0 Å². The van der Waals surface area contributed by atoms with E-state index in [0.29, 0.717) is 12.8 Å². The van der Waals surface area contributed by atoms with Gasteiger partial charge in [0.1, 0.15) is 0 Å². The van der Waals surface area contributed by atoms with Gasteiger partial charge in [0.05, 0.1) is 12.0 Å². The molecule has 0 amide bonds. The maximum absolute atomic E-state index is 12.0. The van der Waals surface area contributed by atoms with Crippen molar-refractivity contribution >= 4 is 0 Å². The quantitative estimate of drug-likeness (QED) is 0.605. The number of halogens is 3. The van der Waals surface area contributed by atoms with E-state index in [0.717, 1.165) is 0 Å². The molecule has 2 aliphatic carbocycles. The Kier molecular flexibility index (Phi) is 1.50. The van der Waals surface area contributed by atoms with Crippen LogP contribution in [0.25, 0.3) is 0 Å². The van der Waals surface area contributed by atoms with Crippen LogP contribution in [0.1, 0.15) is 25.7 Å². The molecule has 0 heterocycles. The van der Waals surface area contributed by atoms with Gasteiger partial charge in [-0.05, 0) is 31.1 Å². The summed E-state index contributed by atoms with van der Waals surface area (Å²) in [5, 5.41) is 8.96. The first-order valence-corrected chi connectivity index (χ1v) is 4.16. The van der Waals surface area contributed by atoms with E-state index in [-0.39, 0.29) is 24.4 Å². The molecule has 12 heavy (non-hydrogen) atoms. The summed E-state index contributed by atoms with van der Waals surface area (Å²) in [4.78, 5) is 0. The van der Waals surface area contributed by atoms with Crippen molar-refractivity contribution in [3.05, 3.63) is 0 Å². The summed E-state index contributed by atoms with van der Waals surface area (Å²) >= 11 is 0. The summed E-state index contributed by atoms with van der Waals surface area (Å²) in [5.41, 5.74) is -0.125. The lowest BCUT2D eigenvalue weighted by atomic mass is 9.50. The molecule has 70 valence electrons. The van der Waals surface area contributed by atoms with E-state index < -0.39 is 12.1 Å². The fraction of sp³-hybridized carbons (Fsp3) is 1.00. The zero-order valence-electron chi connectivity index (χ0n) is 6.56. The Morgan fingerprint density at radius 3 is 1.92 bits per heavy atom. The lowest BCUT2D eigenvalue weighted by molar-refractivity contribution is -0.245. The Bertz CT molecular complexity index is 185. The van der Waals surface area contributed by atoms with Crippen molar-refractivity contribution in [2.75, 3.05) is 0 Å². The summed E-state index contributed by atoms with van der Waals surface area (Å²) < 4.78 is 36.1. The van der Waals surface area contributed by atoms with Crippen LogP contribution >= 0.6 is 0 Å². The number of aliphatic hydroxyl groups is 1. The third kappa shape index (κ3) is 1.13. The van der Waals surface area contributed by atoms with Gasteiger partial charge in [-0.1, -0.05) is 0 Å². The van der Waals surface area contributed by atoms with E-state index in [9.17, 15) is 13.2 Å². The molecule has 1 nitrogen and oxygen atoms in total. The molecule has 0 aromatic heterocycles. The minimum Gasteiger partial charge on any atom is -0.393 e. The first kappa shape index (κ1) is 8.35. The highest BCUT2D eigenvalue weighted by Gasteiger charge is 2.59. The average molecular weight is 180 g/mol. The second-order valence-electron chi connectivity index (χ2n) is 4.21. The van der Waals surface area contributed by atoms with Crippen LogP contribution in [-0.2, 0) is 0 Å². The molecular weight excluding hydrogens is 169 g/mol. The summed E-state index contributed by atoms with van der Waals surface area (Å²) in [6.45, 7) is 0. The van der Waals surface area contributed by atoms with Gasteiger partial charge in [0, 0.05) is 0 Å². The Balaban J connectivity index is 1.85. The molecule has 1 N–H and O–H groups in total. The van der Waals surface area contributed by atoms with Crippen molar-refractivity contribution in [1.82, 2.24) is 0 Å². The van der Waals surface area contributed by atoms with Crippen LogP contribution in [0.2, 0.25) is 0 Å². The molecule has 2 aliphatic rings. The molecule has 0 radical (unpaired) electrons. The first-order chi connectivity index (χ1) is 5.41. The van der Waals surface area contributed by atoms with E-state index in [1.807, 2.05) is 0 Å². The summed E-state index contributed by atoms with van der Waals surface area (Å²) in [7, 11) is 0. The van der Waals surface area contributed by atoms with Gasteiger partial charge in [0.2, 0.25) is 0 Å². The van der Waals surface area contributed by atoms with Gasteiger partial charge in [-0.25, -0.2) is 0 Å². The van der Waals surface area contributed by atoms with Crippen LogP contribution in [0.15, 0.2) is 0 Å². The molecule has 4 heteroatoms. The number of rotatable bonds is 0.